The fourth-order valence-corrected chi connectivity index (χ4v) is 0.192. The monoisotopic (exact) mass is 202 g/mol. The minimum Gasteiger partial charge on any atom is -0.373 e. The third-order valence-electron chi connectivity index (χ3n) is 1.00. The van der Waals surface area contributed by atoms with Crippen LogP contribution < -0.4 is 0 Å². The van der Waals surface area contributed by atoms with Gasteiger partial charge in [0, 0.05) is 0 Å². The molecule has 2 heterocycles. The molecule has 0 radical (unpaired) electrons. The van der Waals surface area contributed by atoms with Crippen molar-refractivity contribution in [2.75, 3.05) is 13.2 Å². The van der Waals surface area contributed by atoms with Gasteiger partial charge in [-0.15, -0.1) is 0 Å². The molecule has 2 N–H and O–H groups in total. The standard InChI is InChI=1S/2C3H6O.2CHNO/c2*1-3-2-4-3;2*2-1-3/h2*3H,2H2,1H3;2*2H. The highest BCUT2D eigenvalue weighted by Gasteiger charge is 2.13. The highest BCUT2D eigenvalue weighted by atomic mass is 16.6. The van der Waals surface area contributed by atoms with Crippen LogP contribution in [-0.2, 0) is 19.1 Å². The quantitative estimate of drug-likeness (QED) is 0.341. The molecule has 2 aliphatic rings. The van der Waals surface area contributed by atoms with Crippen LogP contribution in [0.4, 0.5) is 0 Å². The molecule has 0 aromatic carbocycles. The smallest absolute Gasteiger partial charge is 0.231 e. The summed E-state index contributed by atoms with van der Waals surface area (Å²) in [4.78, 5) is 16.7. The first-order chi connectivity index (χ1) is 6.62. The van der Waals surface area contributed by atoms with E-state index in [-0.39, 0.29) is 0 Å². The van der Waals surface area contributed by atoms with Gasteiger partial charge in [0.05, 0.1) is 25.4 Å². The van der Waals surface area contributed by atoms with Crippen LogP contribution in [0.25, 0.3) is 0 Å². The van der Waals surface area contributed by atoms with Crippen molar-refractivity contribution in [3.05, 3.63) is 0 Å². The summed E-state index contributed by atoms with van der Waals surface area (Å²) in [6.45, 7) is 6.08. The molecule has 0 aliphatic carbocycles. The van der Waals surface area contributed by atoms with Gasteiger partial charge >= 0.3 is 0 Å². The molecule has 0 amide bonds. The summed E-state index contributed by atoms with van der Waals surface area (Å²) >= 11 is 0. The van der Waals surface area contributed by atoms with Gasteiger partial charge in [-0.3, -0.25) is 0 Å². The first-order valence-corrected chi connectivity index (χ1v) is 3.93. The van der Waals surface area contributed by atoms with Crippen LogP contribution in [0.15, 0.2) is 0 Å². The van der Waals surface area contributed by atoms with Crippen molar-refractivity contribution in [3.8, 4) is 0 Å². The predicted octanol–water partition coefficient (Wildman–Crippen LogP) is 0.612. The zero-order valence-electron chi connectivity index (χ0n) is 8.20. The van der Waals surface area contributed by atoms with Gasteiger partial charge < -0.3 is 9.47 Å². The van der Waals surface area contributed by atoms with E-state index in [1.54, 1.807) is 0 Å². The van der Waals surface area contributed by atoms with E-state index in [1.165, 1.54) is 0 Å². The summed E-state index contributed by atoms with van der Waals surface area (Å²) in [6.07, 6.45) is 2.67. The SMILES string of the molecule is CC1CO1.CC1CO1.N=C=O.N=C=O. The molecule has 0 aromatic heterocycles. The van der Waals surface area contributed by atoms with Crippen molar-refractivity contribution in [3.63, 3.8) is 0 Å². The third-order valence-corrected chi connectivity index (χ3v) is 1.00. The number of ether oxygens (including phenoxy) is 2. The van der Waals surface area contributed by atoms with E-state index in [4.69, 9.17) is 29.9 Å². The normalized spacial score (nSPS) is 23.9. The molecular weight excluding hydrogens is 188 g/mol. The second-order valence-electron chi connectivity index (χ2n) is 2.49. The molecule has 6 heteroatoms. The molecule has 2 rings (SSSR count). The van der Waals surface area contributed by atoms with Gasteiger partial charge in [0.25, 0.3) is 0 Å². The fraction of sp³-hybridized carbons (Fsp3) is 0.750. The first kappa shape index (κ1) is 15.2. The van der Waals surface area contributed by atoms with E-state index in [0.29, 0.717) is 12.2 Å². The fourth-order valence-electron chi connectivity index (χ4n) is 0.192. The molecule has 2 fully saturated rings. The van der Waals surface area contributed by atoms with Crippen LogP contribution in [0.3, 0.4) is 0 Å². The van der Waals surface area contributed by atoms with Crippen LogP contribution in [0.1, 0.15) is 13.8 Å². The zero-order valence-corrected chi connectivity index (χ0v) is 8.20. The zero-order chi connectivity index (χ0) is 11.4. The molecule has 2 unspecified atom stereocenters. The first-order valence-electron chi connectivity index (χ1n) is 3.93. The van der Waals surface area contributed by atoms with Crippen LogP contribution in [-0.4, -0.2) is 37.6 Å². The number of rotatable bonds is 0. The molecule has 14 heavy (non-hydrogen) atoms. The molecule has 2 atom stereocenters. The average molecular weight is 202 g/mol. The number of hydrogen-bond donors (Lipinski definition) is 2. The Morgan fingerprint density at radius 1 is 1.00 bits per heavy atom. The van der Waals surface area contributed by atoms with Gasteiger partial charge in [0.2, 0.25) is 12.2 Å². The van der Waals surface area contributed by atoms with E-state index in [1.807, 2.05) is 0 Å². The van der Waals surface area contributed by atoms with Crippen molar-refractivity contribution >= 4 is 12.2 Å². The molecule has 0 saturated carbocycles. The van der Waals surface area contributed by atoms with Gasteiger partial charge in [-0.2, -0.15) is 0 Å². The highest BCUT2D eigenvalue weighted by Crippen LogP contribution is 2.04. The van der Waals surface area contributed by atoms with E-state index in [9.17, 15) is 0 Å². The van der Waals surface area contributed by atoms with Gasteiger partial charge in [0.15, 0.2) is 0 Å². The van der Waals surface area contributed by atoms with Gasteiger partial charge in [-0.25, -0.2) is 20.4 Å². The maximum absolute atomic E-state index is 8.35. The number of epoxide rings is 2. The topological polar surface area (TPSA) is 107 Å². The minimum absolute atomic E-state index is 0.583. The maximum atomic E-state index is 8.35. The summed E-state index contributed by atoms with van der Waals surface area (Å²) in [5, 5.41) is 10.8. The van der Waals surface area contributed by atoms with Crippen molar-refractivity contribution < 1.29 is 19.1 Å². The van der Waals surface area contributed by atoms with Gasteiger partial charge in [-0.1, -0.05) is 0 Å². The van der Waals surface area contributed by atoms with E-state index < -0.39 is 0 Å². The summed E-state index contributed by atoms with van der Waals surface area (Å²) in [5.74, 6) is 0. The van der Waals surface area contributed by atoms with E-state index >= 15 is 0 Å². The molecule has 2 saturated heterocycles. The molecule has 6 nitrogen and oxygen atoms in total. The average Bonchev–Trinajstić information content (AvgIpc) is 2.97. The summed E-state index contributed by atoms with van der Waals surface area (Å²) in [5.41, 5.74) is 0. The molecule has 80 valence electrons. The Hall–Kier alpha value is -1.32. The molecule has 0 spiro atoms. The minimum atomic E-state index is 0.583. The largest absolute Gasteiger partial charge is 0.373 e. The summed E-state index contributed by atoms with van der Waals surface area (Å²) in [7, 11) is 0. The third kappa shape index (κ3) is 45.7. The lowest BCUT2D eigenvalue weighted by molar-refractivity contribution is 0.423. The van der Waals surface area contributed by atoms with Crippen LogP contribution in [0, 0.1) is 10.8 Å². The van der Waals surface area contributed by atoms with Crippen molar-refractivity contribution in [1.29, 1.82) is 10.8 Å². The Morgan fingerprint density at radius 2 is 1.07 bits per heavy atom. The van der Waals surface area contributed by atoms with Gasteiger partial charge in [0.1, 0.15) is 0 Å². The lowest BCUT2D eigenvalue weighted by atomic mass is 10.6. The lowest BCUT2D eigenvalue weighted by Gasteiger charge is -1.51. The Morgan fingerprint density at radius 3 is 1.07 bits per heavy atom. The second kappa shape index (κ2) is 11.7. The van der Waals surface area contributed by atoms with Gasteiger partial charge in [-0.05, 0) is 13.8 Å². The van der Waals surface area contributed by atoms with Crippen molar-refractivity contribution in [2.45, 2.75) is 26.1 Å². The Labute approximate surface area is 82.2 Å². The Balaban J connectivity index is 0. The summed E-state index contributed by atoms with van der Waals surface area (Å²) in [6, 6.07) is 0. The number of hydrogen-bond acceptors (Lipinski definition) is 6. The van der Waals surface area contributed by atoms with Crippen molar-refractivity contribution in [1.82, 2.24) is 0 Å². The lowest BCUT2D eigenvalue weighted by Crippen LogP contribution is -1.60. The van der Waals surface area contributed by atoms with Crippen LogP contribution in [0.2, 0.25) is 0 Å². The molecule has 0 bridgehead atoms. The van der Waals surface area contributed by atoms with Crippen LogP contribution >= 0.6 is 0 Å². The molecule has 0 aromatic rings. The van der Waals surface area contributed by atoms with Crippen molar-refractivity contribution in [2.24, 2.45) is 0 Å². The Bertz CT molecular complexity index is 166. The van der Waals surface area contributed by atoms with E-state index in [0.717, 1.165) is 25.4 Å². The number of isocyanates is 2. The number of carbonyl (C=O) groups excluding carboxylic acids is 2. The predicted molar refractivity (Wildman–Crippen MR) is 47.7 cm³/mol. The van der Waals surface area contributed by atoms with E-state index in [2.05, 4.69) is 13.8 Å². The summed E-state index contributed by atoms with van der Waals surface area (Å²) < 4.78 is 9.42. The van der Waals surface area contributed by atoms with Crippen LogP contribution in [0.5, 0.6) is 0 Å². The number of nitrogens with one attached hydrogen (secondary N) is 2. The second-order valence-corrected chi connectivity index (χ2v) is 2.49. The Kier molecular flexibility index (Phi) is 12.7. The highest BCUT2D eigenvalue weighted by molar-refractivity contribution is 5.26. The maximum Gasteiger partial charge on any atom is 0.231 e. The molecular formula is C8H14N2O4. The molecule has 2 aliphatic heterocycles.